The molecule has 8 amide bonds. The van der Waals surface area contributed by atoms with E-state index in [0.29, 0.717) is 19.4 Å². The normalized spacial score (nSPS) is 14.7. The van der Waals surface area contributed by atoms with Gasteiger partial charge < -0.3 is 89.7 Å². The Morgan fingerprint density at radius 1 is 0.476 bits per heavy atom. The summed E-state index contributed by atoms with van der Waals surface area (Å²) >= 11 is 0. The number of carbonyl (C=O) groups excluding carboxylic acids is 8. The molecule has 0 aromatic carbocycles. The average Bonchev–Trinajstić information content (AvgIpc) is 3.22. The lowest BCUT2D eigenvalue weighted by Gasteiger charge is -2.27. The van der Waals surface area contributed by atoms with Gasteiger partial charge in [0.15, 0.2) is 0 Å². The first-order chi connectivity index (χ1) is 29.6. The largest absolute Gasteiger partial charge is 0.481 e. The number of carboxylic acid groups (broad SMARTS) is 3. The van der Waals surface area contributed by atoms with E-state index in [4.69, 9.17) is 21.7 Å². The van der Waals surface area contributed by atoms with Crippen molar-refractivity contribution in [3.05, 3.63) is 0 Å². The Kier molecular flexibility index (Phi) is 27.2. The van der Waals surface area contributed by atoms with Crippen LogP contribution in [0.5, 0.6) is 0 Å². The molecular weight excluding hydrogens is 848 g/mol. The van der Waals surface area contributed by atoms with E-state index in [1.165, 1.54) is 13.8 Å². The fourth-order valence-corrected chi connectivity index (χ4v) is 5.16. The number of amides is 8. The smallest absolute Gasteiger partial charge is 0.326 e. The highest BCUT2D eigenvalue weighted by atomic mass is 16.4. The van der Waals surface area contributed by atoms with Gasteiger partial charge in [0.1, 0.15) is 42.3 Å². The number of nitrogens with one attached hydrogen (secondary N) is 8. The Morgan fingerprint density at radius 2 is 0.873 bits per heavy atom. The van der Waals surface area contributed by atoms with E-state index in [1.807, 2.05) is 10.6 Å². The fourth-order valence-electron chi connectivity index (χ4n) is 5.16. The highest BCUT2D eigenvalue weighted by Gasteiger charge is 2.34. The van der Waals surface area contributed by atoms with E-state index in [2.05, 4.69) is 31.9 Å². The van der Waals surface area contributed by atoms with Gasteiger partial charge in [-0.3, -0.25) is 47.9 Å². The maximum atomic E-state index is 13.2. The zero-order valence-corrected chi connectivity index (χ0v) is 34.7. The Bertz CT molecular complexity index is 1600. The standard InChI is InChI=1S/C35H60N10O18/c1-16(2)27(34(61)44-23(15-49)32(59)43-22(14-48)31(58)41-19(35(62)63)7-9-26(53)54)45-33(60)21(13-47)39-24(50)11-38-29(56)20(12-46)42-30(57)18(6-8-25(51)52)40-28(55)17(37)5-3-4-10-36/h16-23,27,46-49H,3-15,36-37H2,1-2H3,(H,38,56)(H,39,50)(H,40,55)(H,41,58)(H,42,57)(H,43,59)(H,44,61)(H,45,60)(H,51,52)(H,53,54)(H,62,63)/t17-,18-,19-,20-,21-,22-,23-,27-/m0/s1. The molecule has 28 nitrogen and oxygen atoms in total. The predicted octanol–water partition coefficient (Wildman–Crippen LogP) is -8.61. The van der Waals surface area contributed by atoms with Crippen LogP contribution in [0.25, 0.3) is 0 Å². The van der Waals surface area contributed by atoms with E-state index in [1.54, 1.807) is 0 Å². The average molecular weight is 909 g/mol. The van der Waals surface area contributed by atoms with Crippen LogP contribution >= 0.6 is 0 Å². The van der Waals surface area contributed by atoms with Crippen molar-refractivity contribution in [3.63, 3.8) is 0 Å². The summed E-state index contributed by atoms with van der Waals surface area (Å²) in [5.41, 5.74) is 11.3. The van der Waals surface area contributed by atoms with Gasteiger partial charge in [-0.15, -0.1) is 0 Å². The number of unbranched alkanes of at least 4 members (excludes halogenated alkanes) is 1. The third-order valence-electron chi connectivity index (χ3n) is 8.80. The minimum atomic E-state index is -1.83. The molecule has 0 unspecified atom stereocenters. The number of aliphatic carboxylic acids is 3. The van der Waals surface area contributed by atoms with Crippen LogP contribution in [0.1, 0.15) is 58.8 Å². The molecule has 358 valence electrons. The number of aliphatic hydroxyl groups is 4. The van der Waals surface area contributed by atoms with Crippen molar-refractivity contribution in [2.75, 3.05) is 39.5 Å². The van der Waals surface area contributed by atoms with Crippen LogP contribution in [0.4, 0.5) is 0 Å². The number of hydrogen-bond donors (Lipinski definition) is 17. The summed E-state index contributed by atoms with van der Waals surface area (Å²) in [7, 11) is 0. The van der Waals surface area contributed by atoms with Gasteiger partial charge in [-0.25, -0.2) is 4.79 Å². The Hall–Kier alpha value is -6.07. The number of nitrogens with two attached hydrogens (primary N) is 2. The number of aliphatic hydroxyl groups excluding tert-OH is 4. The van der Waals surface area contributed by atoms with Gasteiger partial charge in [-0.2, -0.15) is 0 Å². The van der Waals surface area contributed by atoms with Crippen molar-refractivity contribution in [3.8, 4) is 0 Å². The molecule has 19 N–H and O–H groups in total. The van der Waals surface area contributed by atoms with Crippen molar-refractivity contribution in [1.82, 2.24) is 42.5 Å². The second-order valence-corrected chi connectivity index (χ2v) is 14.2. The van der Waals surface area contributed by atoms with Crippen LogP contribution in [0, 0.1) is 5.92 Å². The summed E-state index contributed by atoms with van der Waals surface area (Å²) in [5, 5.41) is 83.2. The van der Waals surface area contributed by atoms with Crippen LogP contribution < -0.4 is 54.0 Å². The quantitative estimate of drug-likeness (QED) is 0.0279. The Balaban J connectivity index is 5.55. The van der Waals surface area contributed by atoms with Crippen molar-refractivity contribution in [2.45, 2.75) is 107 Å². The highest BCUT2D eigenvalue weighted by molar-refractivity contribution is 5.97. The zero-order valence-electron chi connectivity index (χ0n) is 34.7. The molecule has 0 aromatic heterocycles. The highest BCUT2D eigenvalue weighted by Crippen LogP contribution is 2.06. The molecule has 0 radical (unpaired) electrons. The molecule has 0 rings (SSSR count). The molecular formula is C35H60N10O18. The molecule has 0 saturated carbocycles. The summed E-state index contributed by atoms with van der Waals surface area (Å²) in [6.07, 6.45) is -0.911. The first-order valence-corrected chi connectivity index (χ1v) is 19.5. The molecule has 0 aliphatic rings. The van der Waals surface area contributed by atoms with Gasteiger partial charge in [-0.05, 0) is 38.1 Å². The maximum Gasteiger partial charge on any atom is 0.326 e. The van der Waals surface area contributed by atoms with Gasteiger partial charge in [0.25, 0.3) is 0 Å². The lowest BCUT2D eigenvalue weighted by Crippen LogP contribution is -2.61. The molecule has 0 aromatic rings. The third-order valence-corrected chi connectivity index (χ3v) is 8.80. The molecule has 0 heterocycles. The number of carboxylic acids is 3. The molecule has 0 saturated heterocycles. The van der Waals surface area contributed by atoms with Crippen LogP contribution in [-0.4, -0.2) is 189 Å². The third kappa shape index (κ3) is 22.0. The monoisotopic (exact) mass is 908 g/mol. The topological polar surface area (TPSA) is 478 Å². The van der Waals surface area contributed by atoms with E-state index < -0.39 is 178 Å². The summed E-state index contributed by atoms with van der Waals surface area (Å²) < 4.78 is 0. The molecule has 0 aliphatic heterocycles. The van der Waals surface area contributed by atoms with E-state index in [9.17, 15) is 78.3 Å². The Morgan fingerprint density at radius 3 is 1.32 bits per heavy atom. The number of rotatable bonds is 32. The van der Waals surface area contributed by atoms with E-state index >= 15 is 0 Å². The van der Waals surface area contributed by atoms with Crippen molar-refractivity contribution in [2.24, 2.45) is 17.4 Å². The van der Waals surface area contributed by atoms with E-state index in [0.717, 1.165) is 0 Å². The first kappa shape index (κ1) is 56.9. The molecule has 63 heavy (non-hydrogen) atoms. The lowest BCUT2D eigenvalue weighted by atomic mass is 10.0. The van der Waals surface area contributed by atoms with E-state index in [-0.39, 0.29) is 6.42 Å². The summed E-state index contributed by atoms with van der Waals surface area (Å²) in [6, 6.07) is -12.9. The summed E-state index contributed by atoms with van der Waals surface area (Å²) in [5.74, 6) is -13.9. The molecule has 28 heteroatoms. The number of carbonyl (C=O) groups is 11. The SMILES string of the molecule is CC(C)[C@H](NC(=O)[C@H](CO)NC(=O)CNC(=O)[C@H](CO)NC(=O)[C@H](CCC(=O)O)NC(=O)[C@@H](N)CCCCN)C(=O)N[C@@H](CO)C(=O)N[C@@H](CO)C(=O)N[C@@H](CCC(=O)O)C(=O)O. The van der Waals surface area contributed by atoms with Crippen LogP contribution in [0.2, 0.25) is 0 Å². The minimum Gasteiger partial charge on any atom is -0.481 e. The molecule has 0 bridgehead atoms. The van der Waals surface area contributed by atoms with Crippen LogP contribution in [-0.2, 0) is 52.7 Å². The minimum absolute atomic E-state index is 0.206. The van der Waals surface area contributed by atoms with Crippen molar-refractivity contribution >= 4 is 65.2 Å². The first-order valence-electron chi connectivity index (χ1n) is 19.5. The Labute approximate surface area is 360 Å². The number of hydrogen-bond acceptors (Lipinski definition) is 17. The van der Waals surface area contributed by atoms with Gasteiger partial charge in [-0.1, -0.05) is 20.3 Å². The van der Waals surface area contributed by atoms with Gasteiger partial charge in [0.05, 0.1) is 39.0 Å². The summed E-state index contributed by atoms with van der Waals surface area (Å²) in [4.78, 5) is 136. The molecule has 0 fully saturated rings. The van der Waals surface area contributed by atoms with Crippen LogP contribution in [0.15, 0.2) is 0 Å². The second-order valence-electron chi connectivity index (χ2n) is 14.2. The maximum absolute atomic E-state index is 13.2. The van der Waals surface area contributed by atoms with Gasteiger partial charge in [0, 0.05) is 12.8 Å². The predicted molar refractivity (Wildman–Crippen MR) is 212 cm³/mol. The molecule has 0 aliphatic carbocycles. The van der Waals surface area contributed by atoms with Crippen LogP contribution in [0.3, 0.4) is 0 Å². The summed E-state index contributed by atoms with van der Waals surface area (Å²) in [6.45, 7) is -1.95. The van der Waals surface area contributed by atoms with Crippen molar-refractivity contribution < 1.29 is 88.5 Å². The molecule has 0 spiro atoms. The fraction of sp³-hybridized carbons (Fsp3) is 0.686. The lowest BCUT2D eigenvalue weighted by molar-refractivity contribution is -0.144. The van der Waals surface area contributed by atoms with Gasteiger partial charge >= 0.3 is 17.9 Å². The van der Waals surface area contributed by atoms with Gasteiger partial charge in [0.2, 0.25) is 47.3 Å². The zero-order chi connectivity index (χ0) is 48.4. The second kappa shape index (κ2) is 30.1. The molecule has 8 atom stereocenters. The van der Waals surface area contributed by atoms with Crippen molar-refractivity contribution in [1.29, 1.82) is 0 Å².